The Morgan fingerprint density at radius 3 is 2.39 bits per heavy atom. The van der Waals surface area contributed by atoms with Crippen molar-refractivity contribution in [2.24, 2.45) is 0 Å². The topological polar surface area (TPSA) is 64.1 Å². The molecule has 142 valence electrons. The molecule has 1 N–H and O–H groups in total. The largest absolute Gasteiger partial charge is 0.468 e. The van der Waals surface area contributed by atoms with Crippen molar-refractivity contribution in [3.8, 4) is 11.3 Å². The fraction of sp³-hybridized carbons (Fsp3) is 0.227. The van der Waals surface area contributed by atoms with Gasteiger partial charge in [0.15, 0.2) is 0 Å². The highest BCUT2D eigenvalue weighted by molar-refractivity contribution is 6.28. The SMILES string of the molecule is COC(=O)C1(c2ccc(Nc3cc(-c4ccccc4)nc(Cl)n3)cc2)CCC1. The smallest absolute Gasteiger partial charge is 0.316 e. The Kier molecular flexibility index (Phi) is 5.01. The molecule has 5 nitrogen and oxygen atoms in total. The number of nitrogens with zero attached hydrogens (tertiary/aromatic N) is 2. The summed E-state index contributed by atoms with van der Waals surface area (Å²) in [5.74, 6) is 0.451. The van der Waals surface area contributed by atoms with Crippen molar-refractivity contribution in [2.45, 2.75) is 24.7 Å². The number of hydrogen-bond donors (Lipinski definition) is 1. The zero-order chi connectivity index (χ0) is 19.6. The number of methoxy groups -OCH3 is 1. The van der Waals surface area contributed by atoms with Gasteiger partial charge in [-0.3, -0.25) is 4.79 Å². The highest BCUT2D eigenvalue weighted by Crippen LogP contribution is 2.45. The lowest BCUT2D eigenvalue weighted by molar-refractivity contribution is -0.151. The van der Waals surface area contributed by atoms with Crippen LogP contribution in [0, 0.1) is 0 Å². The number of rotatable bonds is 5. The molecule has 1 fully saturated rings. The molecule has 1 aromatic heterocycles. The highest BCUT2D eigenvalue weighted by Gasteiger charge is 2.46. The predicted molar refractivity (Wildman–Crippen MR) is 110 cm³/mol. The van der Waals surface area contributed by atoms with E-state index in [1.807, 2.05) is 60.7 Å². The van der Waals surface area contributed by atoms with Crippen molar-refractivity contribution in [3.63, 3.8) is 0 Å². The first-order chi connectivity index (χ1) is 13.6. The summed E-state index contributed by atoms with van der Waals surface area (Å²) in [6.07, 6.45) is 2.69. The van der Waals surface area contributed by atoms with E-state index in [9.17, 15) is 4.79 Å². The van der Waals surface area contributed by atoms with E-state index in [1.165, 1.54) is 7.11 Å². The summed E-state index contributed by atoms with van der Waals surface area (Å²) < 4.78 is 5.02. The second-order valence-electron chi connectivity index (χ2n) is 6.90. The first-order valence-corrected chi connectivity index (χ1v) is 9.54. The predicted octanol–water partition coefficient (Wildman–Crippen LogP) is 5.14. The number of hydrogen-bond acceptors (Lipinski definition) is 5. The Bertz CT molecular complexity index is 986. The van der Waals surface area contributed by atoms with Gasteiger partial charge >= 0.3 is 5.97 Å². The van der Waals surface area contributed by atoms with Crippen molar-refractivity contribution in [2.75, 3.05) is 12.4 Å². The van der Waals surface area contributed by atoms with Gasteiger partial charge in [-0.2, -0.15) is 0 Å². The molecule has 0 spiro atoms. The van der Waals surface area contributed by atoms with Crippen LogP contribution < -0.4 is 5.32 Å². The normalized spacial score (nSPS) is 14.8. The van der Waals surface area contributed by atoms with Crippen LogP contribution in [-0.4, -0.2) is 23.0 Å². The quantitative estimate of drug-likeness (QED) is 0.480. The van der Waals surface area contributed by atoms with Crippen molar-refractivity contribution in [1.82, 2.24) is 9.97 Å². The molecule has 28 heavy (non-hydrogen) atoms. The van der Waals surface area contributed by atoms with Crippen molar-refractivity contribution in [3.05, 3.63) is 71.5 Å². The highest BCUT2D eigenvalue weighted by atomic mass is 35.5. The maximum absolute atomic E-state index is 12.2. The number of esters is 1. The maximum Gasteiger partial charge on any atom is 0.316 e. The van der Waals surface area contributed by atoms with Crippen LogP contribution >= 0.6 is 11.6 Å². The minimum Gasteiger partial charge on any atom is -0.468 e. The number of carbonyl (C=O) groups is 1. The van der Waals surface area contributed by atoms with Crippen LogP contribution in [-0.2, 0) is 14.9 Å². The van der Waals surface area contributed by atoms with Gasteiger partial charge < -0.3 is 10.1 Å². The third kappa shape index (κ3) is 3.45. The molecule has 0 saturated heterocycles. The van der Waals surface area contributed by atoms with Gasteiger partial charge in [0, 0.05) is 17.3 Å². The van der Waals surface area contributed by atoms with Crippen molar-refractivity contribution >= 4 is 29.1 Å². The van der Waals surface area contributed by atoms with E-state index in [4.69, 9.17) is 16.3 Å². The summed E-state index contributed by atoms with van der Waals surface area (Å²) in [6, 6.07) is 19.5. The average molecular weight is 394 g/mol. The van der Waals surface area contributed by atoms with Crippen LogP contribution in [0.4, 0.5) is 11.5 Å². The standard InChI is InChI=1S/C22H20ClN3O2/c1-28-20(27)22(12-5-13-22)16-8-10-17(11-9-16)24-19-14-18(25-21(23)26-19)15-6-3-2-4-7-15/h2-4,6-11,14H,5,12-13H2,1H3,(H,24,25,26). The van der Waals surface area contributed by atoms with Crippen LogP contribution in [0.3, 0.4) is 0 Å². The van der Waals surface area contributed by atoms with Gasteiger partial charge in [0.25, 0.3) is 0 Å². The number of carbonyl (C=O) groups excluding carboxylic acids is 1. The van der Waals surface area contributed by atoms with E-state index >= 15 is 0 Å². The molecule has 1 heterocycles. The minimum absolute atomic E-state index is 0.158. The molecule has 0 unspecified atom stereocenters. The van der Waals surface area contributed by atoms with Gasteiger partial charge in [0.05, 0.1) is 18.2 Å². The zero-order valence-electron chi connectivity index (χ0n) is 15.5. The Hall–Kier alpha value is -2.92. The summed E-state index contributed by atoms with van der Waals surface area (Å²) >= 11 is 6.11. The second kappa shape index (κ2) is 7.60. The van der Waals surface area contributed by atoms with Crippen LogP contribution in [0.25, 0.3) is 11.3 Å². The summed E-state index contributed by atoms with van der Waals surface area (Å²) in [5, 5.41) is 3.44. The molecule has 1 aliphatic rings. The third-order valence-corrected chi connectivity index (χ3v) is 5.43. The van der Waals surface area contributed by atoms with Gasteiger partial charge in [-0.15, -0.1) is 0 Å². The number of anilines is 2. The molecule has 0 radical (unpaired) electrons. The lowest BCUT2D eigenvalue weighted by atomic mass is 9.64. The van der Waals surface area contributed by atoms with E-state index in [-0.39, 0.29) is 11.3 Å². The molecule has 3 aromatic rings. The van der Waals surface area contributed by atoms with E-state index in [1.54, 1.807) is 0 Å². The summed E-state index contributed by atoms with van der Waals surface area (Å²) in [7, 11) is 1.45. The van der Waals surface area contributed by atoms with Crippen LogP contribution in [0.5, 0.6) is 0 Å². The minimum atomic E-state index is -0.494. The molecular weight excluding hydrogens is 374 g/mol. The second-order valence-corrected chi connectivity index (χ2v) is 7.24. The molecule has 0 amide bonds. The fourth-order valence-corrected chi connectivity index (χ4v) is 3.78. The van der Waals surface area contributed by atoms with E-state index in [0.717, 1.165) is 41.8 Å². The summed E-state index contributed by atoms with van der Waals surface area (Å²) in [5.41, 5.74) is 3.07. The van der Waals surface area contributed by atoms with Gasteiger partial charge in [-0.1, -0.05) is 48.9 Å². The lowest BCUT2D eigenvalue weighted by Gasteiger charge is -2.39. The Labute approximate surface area is 168 Å². The summed E-state index contributed by atoms with van der Waals surface area (Å²) in [6.45, 7) is 0. The number of ether oxygens (including phenoxy) is 1. The van der Waals surface area contributed by atoms with Gasteiger partial charge in [-0.25, -0.2) is 9.97 Å². The van der Waals surface area contributed by atoms with Gasteiger partial charge in [-0.05, 0) is 42.1 Å². The van der Waals surface area contributed by atoms with Crippen LogP contribution in [0.1, 0.15) is 24.8 Å². The molecule has 1 aliphatic carbocycles. The Morgan fingerprint density at radius 2 is 1.79 bits per heavy atom. The lowest BCUT2D eigenvalue weighted by Crippen LogP contribution is -2.43. The molecule has 0 aliphatic heterocycles. The van der Waals surface area contributed by atoms with E-state index in [0.29, 0.717) is 5.82 Å². The first kappa shape index (κ1) is 18.4. The summed E-state index contributed by atoms with van der Waals surface area (Å²) in [4.78, 5) is 20.8. The monoisotopic (exact) mass is 393 g/mol. The Morgan fingerprint density at radius 1 is 1.07 bits per heavy atom. The average Bonchev–Trinajstić information content (AvgIpc) is 2.68. The number of halogens is 1. The molecule has 1 saturated carbocycles. The van der Waals surface area contributed by atoms with Crippen molar-refractivity contribution < 1.29 is 9.53 Å². The third-order valence-electron chi connectivity index (χ3n) is 5.26. The Balaban J connectivity index is 1.57. The first-order valence-electron chi connectivity index (χ1n) is 9.17. The fourth-order valence-electron chi connectivity index (χ4n) is 3.60. The van der Waals surface area contributed by atoms with Gasteiger partial charge in [0.2, 0.25) is 5.28 Å². The van der Waals surface area contributed by atoms with Crippen LogP contribution in [0.15, 0.2) is 60.7 Å². The van der Waals surface area contributed by atoms with E-state index in [2.05, 4.69) is 15.3 Å². The molecule has 0 atom stereocenters. The molecular formula is C22H20ClN3O2. The molecule has 2 aromatic carbocycles. The zero-order valence-corrected chi connectivity index (χ0v) is 16.2. The number of nitrogens with one attached hydrogen (secondary N) is 1. The molecule has 6 heteroatoms. The van der Waals surface area contributed by atoms with Crippen LogP contribution in [0.2, 0.25) is 5.28 Å². The number of aromatic nitrogens is 2. The van der Waals surface area contributed by atoms with Gasteiger partial charge in [0.1, 0.15) is 5.82 Å². The number of benzene rings is 2. The maximum atomic E-state index is 12.2. The van der Waals surface area contributed by atoms with E-state index < -0.39 is 5.41 Å². The van der Waals surface area contributed by atoms with Crippen molar-refractivity contribution in [1.29, 1.82) is 0 Å². The molecule has 4 rings (SSSR count). The molecule has 0 bridgehead atoms.